The van der Waals surface area contributed by atoms with Gasteiger partial charge in [-0.3, -0.25) is 0 Å². The number of hydrogen-bond donors (Lipinski definition) is 3. The summed E-state index contributed by atoms with van der Waals surface area (Å²) in [4.78, 5) is 0. The maximum atomic E-state index is 8.82. The Bertz CT molecular complexity index is 351. The average Bonchev–Trinajstić information content (AvgIpc) is 2.78. The van der Waals surface area contributed by atoms with Gasteiger partial charge in [0.25, 0.3) is 5.97 Å². The van der Waals surface area contributed by atoms with Crippen LogP contribution < -0.4 is 0 Å². The van der Waals surface area contributed by atoms with Crippen molar-refractivity contribution < 1.29 is 15.3 Å². The number of unbranched alkanes of at least 4 members (excludes halogenated alkanes) is 26. The van der Waals surface area contributed by atoms with Crippen LogP contribution >= 0.6 is 0 Å². The standard InChI is InChI=1S/C30H62O3/c1-2-3-4-5-6-7-8-9-10-11-12-13-14-15-16-17-18-19-20-21-22-23-24-25-26-27-28-29-30(31,32)33/h31-33H,2-29H2,1H3. The van der Waals surface area contributed by atoms with Crippen LogP contribution in [0, 0.1) is 0 Å². The minimum Gasteiger partial charge on any atom is -0.344 e. The first-order valence-corrected chi connectivity index (χ1v) is 15.2. The van der Waals surface area contributed by atoms with E-state index in [4.69, 9.17) is 15.3 Å². The van der Waals surface area contributed by atoms with E-state index in [0.717, 1.165) is 12.8 Å². The van der Waals surface area contributed by atoms with Crippen molar-refractivity contribution in [3.05, 3.63) is 0 Å². The Kier molecular flexibility index (Phi) is 26.4. The second-order valence-electron chi connectivity index (χ2n) is 10.7. The van der Waals surface area contributed by atoms with Gasteiger partial charge in [0.05, 0.1) is 0 Å². The minimum atomic E-state index is -2.47. The van der Waals surface area contributed by atoms with E-state index in [0.29, 0.717) is 6.42 Å². The Hall–Kier alpha value is -0.120. The molecule has 0 aliphatic carbocycles. The molecule has 0 aromatic carbocycles. The Morgan fingerprint density at radius 1 is 0.303 bits per heavy atom. The molecule has 0 heterocycles. The van der Waals surface area contributed by atoms with Crippen molar-refractivity contribution in [2.75, 3.05) is 0 Å². The van der Waals surface area contributed by atoms with Gasteiger partial charge < -0.3 is 15.3 Å². The molecule has 0 spiro atoms. The first kappa shape index (κ1) is 32.9. The molecule has 0 saturated heterocycles. The van der Waals surface area contributed by atoms with Gasteiger partial charge in [0.1, 0.15) is 0 Å². The van der Waals surface area contributed by atoms with E-state index in [1.54, 1.807) is 0 Å². The van der Waals surface area contributed by atoms with Crippen LogP contribution in [0.4, 0.5) is 0 Å². The van der Waals surface area contributed by atoms with Crippen molar-refractivity contribution in [2.24, 2.45) is 0 Å². The SMILES string of the molecule is CCCCCCCCCCCCCCCCCCCCCCCCCCCCCC(O)(O)O. The average molecular weight is 471 g/mol. The van der Waals surface area contributed by atoms with Crippen molar-refractivity contribution in [1.29, 1.82) is 0 Å². The lowest BCUT2D eigenvalue weighted by atomic mass is 10.0. The van der Waals surface area contributed by atoms with E-state index in [9.17, 15) is 0 Å². The lowest BCUT2D eigenvalue weighted by Gasteiger charge is -2.12. The molecule has 33 heavy (non-hydrogen) atoms. The second-order valence-corrected chi connectivity index (χ2v) is 10.7. The summed E-state index contributed by atoms with van der Waals surface area (Å²) in [5, 5.41) is 26.5. The molecule has 3 heteroatoms. The van der Waals surface area contributed by atoms with Gasteiger partial charge in [0, 0.05) is 6.42 Å². The summed E-state index contributed by atoms with van der Waals surface area (Å²) in [5.74, 6) is -2.47. The van der Waals surface area contributed by atoms with Crippen LogP contribution in [-0.4, -0.2) is 21.3 Å². The summed E-state index contributed by atoms with van der Waals surface area (Å²) in [6.45, 7) is 2.29. The molecule has 0 atom stereocenters. The first-order chi connectivity index (χ1) is 16.1. The highest BCUT2D eigenvalue weighted by Crippen LogP contribution is 2.16. The fourth-order valence-corrected chi connectivity index (χ4v) is 4.85. The van der Waals surface area contributed by atoms with Gasteiger partial charge >= 0.3 is 0 Å². The number of rotatable bonds is 28. The Morgan fingerprint density at radius 2 is 0.485 bits per heavy atom. The van der Waals surface area contributed by atoms with E-state index in [-0.39, 0.29) is 6.42 Å². The molecule has 0 bridgehead atoms. The van der Waals surface area contributed by atoms with Crippen LogP contribution in [0.15, 0.2) is 0 Å². The summed E-state index contributed by atoms with van der Waals surface area (Å²) in [6, 6.07) is 0. The third-order valence-electron chi connectivity index (χ3n) is 7.12. The topological polar surface area (TPSA) is 60.7 Å². The molecule has 0 amide bonds. The fraction of sp³-hybridized carbons (Fsp3) is 1.00. The van der Waals surface area contributed by atoms with Gasteiger partial charge in [-0.15, -0.1) is 0 Å². The van der Waals surface area contributed by atoms with Crippen LogP contribution in [0.25, 0.3) is 0 Å². The lowest BCUT2D eigenvalue weighted by molar-refractivity contribution is -0.315. The predicted molar refractivity (Wildman–Crippen MR) is 144 cm³/mol. The van der Waals surface area contributed by atoms with Gasteiger partial charge in [-0.1, -0.05) is 174 Å². The van der Waals surface area contributed by atoms with Gasteiger partial charge in [-0.2, -0.15) is 0 Å². The van der Waals surface area contributed by atoms with E-state index < -0.39 is 5.97 Å². The molecule has 200 valence electrons. The molecule has 0 aromatic rings. The van der Waals surface area contributed by atoms with Crippen LogP contribution in [-0.2, 0) is 0 Å². The van der Waals surface area contributed by atoms with Gasteiger partial charge in [-0.05, 0) is 6.42 Å². The smallest absolute Gasteiger partial charge is 0.275 e. The third kappa shape index (κ3) is 31.9. The van der Waals surface area contributed by atoms with Crippen molar-refractivity contribution in [1.82, 2.24) is 0 Å². The number of aliphatic hydroxyl groups is 3. The van der Waals surface area contributed by atoms with Gasteiger partial charge in [-0.25, -0.2) is 0 Å². The lowest BCUT2D eigenvalue weighted by Crippen LogP contribution is -2.26. The molecule has 0 aliphatic rings. The molecule has 3 nitrogen and oxygen atoms in total. The predicted octanol–water partition coefficient (Wildman–Crippen LogP) is 9.56. The van der Waals surface area contributed by atoms with Crippen LogP contribution in [0.5, 0.6) is 0 Å². The van der Waals surface area contributed by atoms with Crippen molar-refractivity contribution in [2.45, 2.75) is 193 Å². The molecule has 0 radical (unpaired) electrons. The van der Waals surface area contributed by atoms with E-state index in [1.165, 1.54) is 154 Å². The summed E-state index contributed by atoms with van der Waals surface area (Å²) < 4.78 is 0. The Balaban J connectivity index is 3.03. The maximum Gasteiger partial charge on any atom is 0.275 e. The number of hydrogen-bond acceptors (Lipinski definition) is 3. The van der Waals surface area contributed by atoms with Crippen molar-refractivity contribution in [3.63, 3.8) is 0 Å². The molecule has 0 fully saturated rings. The van der Waals surface area contributed by atoms with E-state index >= 15 is 0 Å². The monoisotopic (exact) mass is 470 g/mol. The zero-order valence-corrected chi connectivity index (χ0v) is 22.6. The molecule has 0 rings (SSSR count). The highest BCUT2D eigenvalue weighted by Gasteiger charge is 2.16. The molecule has 3 N–H and O–H groups in total. The summed E-state index contributed by atoms with van der Waals surface area (Å²) in [6.07, 6.45) is 37.0. The minimum absolute atomic E-state index is 0.0619. The normalized spacial score (nSPS) is 12.0. The largest absolute Gasteiger partial charge is 0.344 e. The highest BCUT2D eigenvalue weighted by molar-refractivity contribution is 4.53. The van der Waals surface area contributed by atoms with Crippen LogP contribution in [0.1, 0.15) is 187 Å². The third-order valence-corrected chi connectivity index (χ3v) is 7.12. The summed E-state index contributed by atoms with van der Waals surface area (Å²) >= 11 is 0. The van der Waals surface area contributed by atoms with Crippen LogP contribution in [0.2, 0.25) is 0 Å². The molecular weight excluding hydrogens is 408 g/mol. The van der Waals surface area contributed by atoms with E-state index in [1.807, 2.05) is 0 Å². The zero-order chi connectivity index (χ0) is 24.3. The van der Waals surface area contributed by atoms with Gasteiger partial charge in [0.15, 0.2) is 0 Å². The molecule has 0 saturated carbocycles. The summed E-state index contributed by atoms with van der Waals surface area (Å²) in [5.41, 5.74) is 0. The first-order valence-electron chi connectivity index (χ1n) is 15.2. The molecule has 0 unspecified atom stereocenters. The molecule has 0 aromatic heterocycles. The molecule has 0 aliphatic heterocycles. The second kappa shape index (κ2) is 26.5. The highest BCUT2D eigenvalue weighted by atomic mass is 16.7. The van der Waals surface area contributed by atoms with Crippen molar-refractivity contribution >= 4 is 0 Å². The van der Waals surface area contributed by atoms with Crippen molar-refractivity contribution in [3.8, 4) is 0 Å². The quantitative estimate of drug-likeness (QED) is 0.0787. The van der Waals surface area contributed by atoms with Gasteiger partial charge in [0.2, 0.25) is 0 Å². The summed E-state index contributed by atoms with van der Waals surface area (Å²) in [7, 11) is 0. The van der Waals surface area contributed by atoms with E-state index in [2.05, 4.69) is 6.92 Å². The maximum absolute atomic E-state index is 8.82. The van der Waals surface area contributed by atoms with Crippen LogP contribution in [0.3, 0.4) is 0 Å². The zero-order valence-electron chi connectivity index (χ0n) is 22.6. The Labute approximate surface area is 208 Å². The Morgan fingerprint density at radius 3 is 0.667 bits per heavy atom. The molecular formula is C30H62O3. The fourth-order valence-electron chi connectivity index (χ4n) is 4.85.